The Hall–Kier alpha value is -9.27. The molecule has 0 spiro atoms. The van der Waals surface area contributed by atoms with Crippen molar-refractivity contribution in [2.45, 2.75) is 11.8 Å². The smallest absolute Gasteiger partial charge is 0.240 e. The lowest BCUT2D eigenvalue weighted by Gasteiger charge is -2.31. The van der Waals surface area contributed by atoms with Gasteiger partial charge in [-0.25, -0.2) is 9.97 Å². The normalized spacial score (nSPS) is 15.1. The number of hydrogen-bond donors (Lipinski definition) is 0. The molecule has 5 heterocycles. The Morgan fingerprint density at radius 3 is 1.19 bits per heavy atom. The van der Waals surface area contributed by atoms with Gasteiger partial charge in [0, 0.05) is 49.7 Å². The first kappa shape index (κ1) is 37.9. The molecule has 5 aromatic heterocycles. The largest absolute Gasteiger partial charge is 0.292 e. The highest BCUT2D eigenvalue weighted by atomic mass is 15.3. The lowest BCUT2D eigenvalue weighted by atomic mass is 9.74. The fourth-order valence-electron chi connectivity index (χ4n) is 11.4. The number of rotatable bonds is 4. The summed E-state index contributed by atoms with van der Waals surface area (Å²) in [4.78, 5) is 28.6. The van der Waals surface area contributed by atoms with Crippen LogP contribution >= 0.6 is 0 Å². The Bertz CT molecular complexity index is 4060. The van der Waals surface area contributed by atoms with Crippen molar-refractivity contribution in [1.82, 2.24) is 38.6 Å². The van der Waals surface area contributed by atoms with Crippen LogP contribution in [-0.4, -0.2) is 38.6 Å². The summed E-state index contributed by atoms with van der Waals surface area (Å²) in [6.45, 7) is 0. The van der Waals surface area contributed by atoms with E-state index in [-0.39, 0.29) is 11.8 Å². The van der Waals surface area contributed by atoms with Crippen LogP contribution in [0.25, 0.3) is 117 Å². The summed E-state index contributed by atoms with van der Waals surface area (Å²) in [5.41, 5.74) is 12.8. The minimum atomic E-state index is -0.145. The molecule has 2 unspecified atom stereocenters. The number of allylic oxidation sites excluding steroid dienone is 4. The van der Waals surface area contributed by atoms with E-state index in [1.165, 1.54) is 11.1 Å². The molecule has 0 N–H and O–H groups in total. The Kier molecular flexibility index (Phi) is 8.03. The quantitative estimate of drug-likeness (QED) is 0.176. The number of nitrogens with zero attached hydrogens (tertiary/aromatic N) is 8. The predicted octanol–water partition coefficient (Wildman–Crippen LogP) is 14.3. The van der Waals surface area contributed by atoms with Crippen LogP contribution < -0.4 is 0 Å². The third-order valence-electron chi connectivity index (χ3n) is 14.3. The van der Waals surface area contributed by atoms with E-state index in [0.717, 1.165) is 87.9 Å². The first-order chi connectivity index (χ1) is 34.3. The van der Waals surface area contributed by atoms with Crippen molar-refractivity contribution in [1.29, 1.82) is 0 Å². The molecule has 0 amide bonds. The van der Waals surface area contributed by atoms with Crippen LogP contribution in [0.15, 0.2) is 218 Å². The Balaban J connectivity index is 1.12. The van der Waals surface area contributed by atoms with Gasteiger partial charge in [-0.15, -0.1) is 0 Å². The van der Waals surface area contributed by atoms with Crippen molar-refractivity contribution in [3.05, 3.63) is 230 Å². The van der Waals surface area contributed by atoms with Crippen LogP contribution in [-0.2, 0) is 0 Å². The van der Waals surface area contributed by atoms with E-state index in [1.54, 1.807) is 0 Å². The van der Waals surface area contributed by atoms with Gasteiger partial charge in [0.1, 0.15) is 0 Å². The van der Waals surface area contributed by atoms with Gasteiger partial charge in [-0.05, 0) is 53.1 Å². The number of hydrogen-bond acceptors (Lipinski definition) is 5. The molecule has 8 nitrogen and oxygen atoms in total. The third-order valence-corrected chi connectivity index (χ3v) is 14.3. The van der Waals surface area contributed by atoms with E-state index >= 15 is 0 Å². The van der Waals surface area contributed by atoms with Crippen molar-refractivity contribution in [3.63, 3.8) is 0 Å². The Morgan fingerprint density at radius 1 is 0.304 bits per heavy atom. The van der Waals surface area contributed by atoms with Gasteiger partial charge >= 0.3 is 0 Å². The number of benzene rings is 8. The van der Waals surface area contributed by atoms with Crippen LogP contribution in [0, 0.1) is 0 Å². The van der Waals surface area contributed by atoms with Crippen molar-refractivity contribution in [2.75, 3.05) is 0 Å². The second-order valence-corrected chi connectivity index (χ2v) is 18.0. The summed E-state index contributed by atoms with van der Waals surface area (Å²) < 4.78 is 6.61. The van der Waals surface area contributed by atoms with Gasteiger partial charge in [-0.3, -0.25) is 13.7 Å². The monoisotopic (exact) mass is 882 g/mol. The molecule has 69 heavy (non-hydrogen) atoms. The Labute approximate surface area is 395 Å². The van der Waals surface area contributed by atoms with Crippen LogP contribution in [0.4, 0.5) is 0 Å². The molecule has 8 aromatic carbocycles. The summed E-state index contributed by atoms with van der Waals surface area (Å²) in [7, 11) is 0. The van der Waals surface area contributed by atoms with Crippen molar-refractivity contribution >= 4 is 65.4 Å². The summed E-state index contributed by atoms with van der Waals surface area (Å²) >= 11 is 0. The lowest BCUT2D eigenvalue weighted by molar-refractivity contribution is 0.704. The second-order valence-electron chi connectivity index (χ2n) is 18.0. The zero-order valence-electron chi connectivity index (χ0n) is 37.0. The highest BCUT2D eigenvalue weighted by Crippen LogP contribution is 2.49. The van der Waals surface area contributed by atoms with Gasteiger partial charge in [-0.1, -0.05) is 182 Å². The molecule has 2 aliphatic rings. The molecule has 15 rings (SSSR count). The highest BCUT2D eigenvalue weighted by Gasteiger charge is 2.35. The number of para-hydroxylation sites is 6. The molecule has 2 aliphatic carbocycles. The van der Waals surface area contributed by atoms with E-state index in [9.17, 15) is 0 Å². The molecule has 2 atom stereocenters. The lowest BCUT2D eigenvalue weighted by Crippen LogP contribution is -2.19. The molecule has 0 fully saturated rings. The van der Waals surface area contributed by atoms with Gasteiger partial charge in [-0.2, -0.15) is 15.0 Å². The third kappa shape index (κ3) is 5.48. The van der Waals surface area contributed by atoms with Gasteiger partial charge in [0.15, 0.2) is 17.3 Å². The summed E-state index contributed by atoms with van der Waals surface area (Å²) in [6, 6.07) is 68.5. The predicted molar refractivity (Wildman–Crippen MR) is 279 cm³/mol. The molecule has 13 aromatic rings. The standard InChI is InChI=1S/C61H38N8/c1-2-20-38-37(19-1)39-21-3-5-29-47(39)55-56(48-30-6-4-22-40(38)48)63-59(67-49-31-13-7-23-41(49)42-24-8-14-32-50(42)67)57(62-55)58-64-60(68-51-33-15-9-25-43(51)44-26-10-16-34-52(44)68)66-61(65-58)69-53-35-17-11-27-45(53)46-28-12-18-36-54(46)69/h1-36,39,47H. The molecule has 0 radical (unpaired) electrons. The van der Waals surface area contributed by atoms with E-state index < -0.39 is 0 Å². The molecule has 8 heteroatoms. The number of fused-ring (bicyclic) bond motifs is 17. The molecule has 322 valence electrons. The first-order valence-corrected chi connectivity index (χ1v) is 23.4. The van der Waals surface area contributed by atoms with Crippen LogP contribution in [0.3, 0.4) is 0 Å². The van der Waals surface area contributed by atoms with Crippen LogP contribution in [0.1, 0.15) is 23.1 Å². The van der Waals surface area contributed by atoms with Gasteiger partial charge < -0.3 is 0 Å². The average molecular weight is 883 g/mol. The maximum absolute atomic E-state index is 5.97. The van der Waals surface area contributed by atoms with Gasteiger partial charge in [0.25, 0.3) is 0 Å². The molecular weight excluding hydrogens is 845 g/mol. The molecule has 0 saturated carbocycles. The molecular formula is C61H38N8. The van der Waals surface area contributed by atoms with Gasteiger partial charge in [0.05, 0.1) is 44.5 Å². The fraction of sp³-hybridized carbons (Fsp3) is 0.0328. The van der Waals surface area contributed by atoms with E-state index in [0.29, 0.717) is 29.2 Å². The minimum absolute atomic E-state index is 0.000712. The van der Waals surface area contributed by atoms with E-state index in [1.807, 2.05) is 0 Å². The first-order valence-electron chi connectivity index (χ1n) is 23.4. The highest BCUT2D eigenvalue weighted by molar-refractivity contribution is 6.11. The fourth-order valence-corrected chi connectivity index (χ4v) is 11.4. The van der Waals surface area contributed by atoms with Crippen LogP contribution in [0.2, 0.25) is 0 Å². The molecule has 0 saturated heterocycles. The summed E-state index contributed by atoms with van der Waals surface area (Å²) in [6.07, 6.45) is 8.90. The van der Waals surface area contributed by atoms with Crippen molar-refractivity contribution < 1.29 is 0 Å². The average Bonchev–Trinajstić information content (AvgIpc) is 4.06. The molecule has 0 aliphatic heterocycles. The van der Waals surface area contributed by atoms with Crippen molar-refractivity contribution in [3.8, 4) is 51.6 Å². The molecule has 0 bridgehead atoms. The summed E-state index contributed by atoms with van der Waals surface area (Å²) in [5, 5.41) is 6.69. The van der Waals surface area contributed by atoms with Gasteiger partial charge in [0.2, 0.25) is 11.9 Å². The number of aromatic nitrogens is 8. The Morgan fingerprint density at radius 2 is 0.696 bits per heavy atom. The van der Waals surface area contributed by atoms with Crippen LogP contribution in [0.5, 0.6) is 0 Å². The van der Waals surface area contributed by atoms with E-state index in [2.05, 4.69) is 232 Å². The van der Waals surface area contributed by atoms with Crippen molar-refractivity contribution in [2.24, 2.45) is 0 Å². The maximum Gasteiger partial charge on any atom is 0.240 e. The topological polar surface area (TPSA) is 79.2 Å². The second kappa shape index (κ2) is 14.6. The minimum Gasteiger partial charge on any atom is -0.292 e. The summed E-state index contributed by atoms with van der Waals surface area (Å²) in [5.74, 6) is 1.86. The van der Waals surface area contributed by atoms with E-state index in [4.69, 9.17) is 24.9 Å². The zero-order valence-corrected chi connectivity index (χ0v) is 37.0. The zero-order chi connectivity index (χ0) is 45.2. The SMILES string of the molecule is C1=CC2c3ccccc3-c3ccccc3-c3nc(-n4c5ccccc5c5ccccc54)c(-c4nc(-n5c6ccccc6c6ccccc65)nc(-n5c6ccccc6c6ccccc65)n4)nc3C2C=C1. The maximum atomic E-state index is 5.97.